The van der Waals surface area contributed by atoms with Crippen molar-refractivity contribution < 1.29 is 22.5 Å². The Bertz CT molecular complexity index is 235. The number of ether oxygens (including phenoxy) is 1. The molecule has 0 saturated heterocycles. The fourth-order valence-electron chi connectivity index (χ4n) is 0.529. The summed E-state index contributed by atoms with van der Waals surface area (Å²) in [5.41, 5.74) is 0. The third kappa shape index (κ3) is 13.0. The van der Waals surface area contributed by atoms with Crippen molar-refractivity contribution in [1.82, 2.24) is 0 Å². The Kier molecular flexibility index (Phi) is 10.5. The predicted octanol–water partition coefficient (Wildman–Crippen LogP) is -0.163. The zero-order valence-corrected chi connectivity index (χ0v) is 11.8. The largest absolute Gasteiger partial charge is 0.466 e. The van der Waals surface area contributed by atoms with Crippen LogP contribution in [0.2, 0.25) is 0 Å². The normalized spacial score (nSPS) is 10.3. The second-order valence-corrected chi connectivity index (χ2v) is 3.79. The minimum atomic E-state index is -3.92. The van der Waals surface area contributed by atoms with Crippen LogP contribution in [-0.2, 0) is 19.6 Å². The topological polar surface area (TPSA) is 80.7 Å². The minimum Gasteiger partial charge on any atom is -0.466 e. The van der Waals surface area contributed by atoms with Crippen molar-refractivity contribution in [2.24, 2.45) is 0 Å². The summed E-state index contributed by atoms with van der Waals surface area (Å²) in [5.74, 6) is -0.741. The number of rotatable bonds is 5. The van der Waals surface area contributed by atoms with Crippen molar-refractivity contribution in [2.75, 3.05) is 12.4 Å². The zero-order valence-electron chi connectivity index (χ0n) is 7.82. The molecule has 0 rings (SSSR count). The first-order valence-electron chi connectivity index (χ1n) is 3.56. The average Bonchev–Trinajstić information content (AvgIpc) is 1.96. The summed E-state index contributed by atoms with van der Waals surface area (Å²) in [6.07, 6.45) is 0.399. The Morgan fingerprint density at radius 1 is 1.46 bits per heavy atom. The third-order valence-corrected chi connectivity index (χ3v) is 1.90. The number of carbonyl (C=O) groups excluding carboxylic acids is 1. The molecule has 0 aromatic rings. The van der Waals surface area contributed by atoms with E-state index in [1.807, 2.05) is 0 Å². The molecule has 7 heteroatoms. The molecule has 0 aromatic carbocycles. The molecule has 0 spiro atoms. The first-order valence-corrected chi connectivity index (χ1v) is 5.17. The molecule has 0 aliphatic rings. The van der Waals surface area contributed by atoms with Crippen LogP contribution in [0.1, 0.15) is 19.8 Å². The number of esters is 1. The summed E-state index contributed by atoms with van der Waals surface area (Å²) in [6.45, 7) is 1.68. The molecule has 13 heavy (non-hydrogen) atoms. The Morgan fingerprint density at radius 3 is 2.38 bits per heavy atom. The summed E-state index contributed by atoms with van der Waals surface area (Å²) < 4.78 is 33.2. The summed E-state index contributed by atoms with van der Waals surface area (Å²) in [5, 5.41) is 0. The third-order valence-electron chi connectivity index (χ3n) is 1.10. The van der Waals surface area contributed by atoms with E-state index < -0.39 is 10.1 Å². The minimum absolute atomic E-state index is 0. The Labute approximate surface area is 120 Å². The SMILES string of the molecule is CCC(=O)OCCCS(=O)(=O)O.[K]. The van der Waals surface area contributed by atoms with Gasteiger partial charge in [-0.1, -0.05) is 6.92 Å². The van der Waals surface area contributed by atoms with Crippen molar-refractivity contribution in [3.05, 3.63) is 0 Å². The smallest absolute Gasteiger partial charge is 0.305 e. The van der Waals surface area contributed by atoms with E-state index >= 15 is 0 Å². The van der Waals surface area contributed by atoms with Crippen LogP contribution in [0.4, 0.5) is 0 Å². The molecule has 0 aliphatic carbocycles. The maximum Gasteiger partial charge on any atom is 0.305 e. The standard InChI is InChI=1S/C6H12O5S.K/c1-2-6(7)11-4-3-5-12(8,9)10;/h2-5H2,1H3,(H,8,9,10);. The monoisotopic (exact) mass is 235 g/mol. The molecule has 0 saturated carbocycles. The molecule has 5 nitrogen and oxygen atoms in total. The molecular weight excluding hydrogens is 223 g/mol. The average molecular weight is 235 g/mol. The van der Waals surface area contributed by atoms with Crippen LogP contribution in [0.3, 0.4) is 0 Å². The van der Waals surface area contributed by atoms with Crippen LogP contribution in [0, 0.1) is 0 Å². The molecule has 0 atom stereocenters. The van der Waals surface area contributed by atoms with Crippen LogP contribution >= 0.6 is 0 Å². The van der Waals surface area contributed by atoms with Gasteiger partial charge in [0.25, 0.3) is 10.1 Å². The van der Waals surface area contributed by atoms with Crippen LogP contribution in [0.15, 0.2) is 0 Å². The van der Waals surface area contributed by atoms with Crippen molar-refractivity contribution >= 4 is 67.5 Å². The Morgan fingerprint density at radius 2 is 2.00 bits per heavy atom. The molecule has 0 bridgehead atoms. The number of hydrogen-bond donors (Lipinski definition) is 1. The van der Waals surface area contributed by atoms with E-state index in [1.54, 1.807) is 6.92 Å². The van der Waals surface area contributed by atoms with Gasteiger partial charge in [0.15, 0.2) is 0 Å². The van der Waals surface area contributed by atoms with Crippen LogP contribution in [0.25, 0.3) is 0 Å². The van der Waals surface area contributed by atoms with Gasteiger partial charge >= 0.3 is 5.97 Å². The zero-order chi connectivity index (χ0) is 9.61. The van der Waals surface area contributed by atoms with Gasteiger partial charge in [-0.15, -0.1) is 0 Å². The first kappa shape index (κ1) is 16.4. The van der Waals surface area contributed by atoms with Crippen molar-refractivity contribution in [3.63, 3.8) is 0 Å². The summed E-state index contributed by atoms with van der Waals surface area (Å²) in [4.78, 5) is 10.5. The van der Waals surface area contributed by atoms with Gasteiger partial charge in [0, 0.05) is 57.8 Å². The fourth-order valence-corrected chi connectivity index (χ4v) is 1.01. The van der Waals surface area contributed by atoms with Gasteiger partial charge in [-0.2, -0.15) is 8.42 Å². The molecule has 1 N–H and O–H groups in total. The summed E-state index contributed by atoms with van der Waals surface area (Å²) in [7, 11) is -3.92. The Balaban J connectivity index is 0. The quantitative estimate of drug-likeness (QED) is 0.310. The van der Waals surface area contributed by atoms with Gasteiger partial charge in [-0.25, -0.2) is 0 Å². The van der Waals surface area contributed by atoms with Crippen LogP contribution < -0.4 is 0 Å². The van der Waals surface area contributed by atoms with Gasteiger partial charge in [-0.3, -0.25) is 9.35 Å². The van der Waals surface area contributed by atoms with E-state index in [2.05, 4.69) is 4.74 Å². The molecule has 0 amide bonds. The van der Waals surface area contributed by atoms with Crippen molar-refractivity contribution in [2.45, 2.75) is 19.8 Å². The van der Waals surface area contributed by atoms with Gasteiger partial charge in [0.2, 0.25) is 0 Å². The van der Waals surface area contributed by atoms with E-state index in [0.717, 1.165) is 0 Å². The van der Waals surface area contributed by atoms with Gasteiger partial charge in [-0.05, 0) is 6.42 Å². The van der Waals surface area contributed by atoms with Crippen LogP contribution in [0.5, 0.6) is 0 Å². The van der Waals surface area contributed by atoms with E-state index in [0.29, 0.717) is 0 Å². The van der Waals surface area contributed by atoms with E-state index in [-0.39, 0.29) is 82.6 Å². The van der Waals surface area contributed by atoms with Gasteiger partial charge in [0.05, 0.1) is 12.4 Å². The van der Waals surface area contributed by atoms with Crippen molar-refractivity contribution in [3.8, 4) is 0 Å². The number of carbonyl (C=O) groups is 1. The molecule has 0 heterocycles. The Hall–Kier alpha value is 1.02. The van der Waals surface area contributed by atoms with Gasteiger partial charge < -0.3 is 4.74 Å². The number of hydrogen-bond acceptors (Lipinski definition) is 4. The molecule has 0 aliphatic heterocycles. The molecule has 0 unspecified atom stereocenters. The molecule has 1 radical (unpaired) electrons. The van der Waals surface area contributed by atoms with E-state index in [4.69, 9.17) is 4.55 Å². The fraction of sp³-hybridized carbons (Fsp3) is 0.833. The van der Waals surface area contributed by atoms with Crippen molar-refractivity contribution in [1.29, 1.82) is 0 Å². The molecular formula is C6H12KO5S. The maximum absolute atomic E-state index is 10.5. The maximum atomic E-state index is 10.5. The van der Waals surface area contributed by atoms with E-state index in [1.165, 1.54) is 0 Å². The second kappa shape index (κ2) is 8.34. The molecule has 0 fully saturated rings. The summed E-state index contributed by atoms with van der Waals surface area (Å²) in [6, 6.07) is 0. The molecule has 0 aromatic heterocycles. The molecule has 73 valence electrons. The van der Waals surface area contributed by atoms with Crippen LogP contribution in [-0.4, -0.2) is 82.7 Å². The summed E-state index contributed by atoms with van der Waals surface area (Å²) >= 11 is 0. The predicted molar refractivity (Wildman–Crippen MR) is 48.0 cm³/mol. The van der Waals surface area contributed by atoms with E-state index in [9.17, 15) is 13.2 Å². The second-order valence-electron chi connectivity index (χ2n) is 2.21. The first-order chi connectivity index (χ1) is 5.45. The van der Waals surface area contributed by atoms with Gasteiger partial charge in [0.1, 0.15) is 0 Å².